The van der Waals surface area contributed by atoms with E-state index in [1.807, 2.05) is 26.8 Å². The lowest BCUT2D eigenvalue weighted by atomic mass is 9.96. The Morgan fingerprint density at radius 1 is 1.25 bits per heavy atom. The van der Waals surface area contributed by atoms with Crippen molar-refractivity contribution in [1.82, 2.24) is 0 Å². The fourth-order valence-electron chi connectivity index (χ4n) is 1.72. The van der Waals surface area contributed by atoms with Crippen LogP contribution in [-0.4, -0.2) is 15.6 Å². The Morgan fingerprint density at radius 2 is 1.80 bits per heavy atom. The lowest BCUT2D eigenvalue weighted by Crippen LogP contribution is -2.25. The molecule has 0 N–H and O–H groups in total. The second kappa shape index (κ2) is 6.71. The van der Waals surface area contributed by atoms with Crippen molar-refractivity contribution in [2.75, 3.05) is 0 Å². The first kappa shape index (κ1) is 16.5. The minimum absolute atomic E-state index is 0.0886. The first-order valence-electron chi connectivity index (χ1n) is 6.45. The SMILES string of the molecule is CC(=O)C(Cc1ccc(C#N)cc1)C(=O)SC(C)(C)C. The minimum atomic E-state index is -0.618. The molecule has 1 atom stereocenters. The Balaban J connectivity index is 2.84. The highest BCUT2D eigenvalue weighted by molar-refractivity contribution is 8.14. The van der Waals surface area contributed by atoms with E-state index >= 15 is 0 Å². The summed E-state index contributed by atoms with van der Waals surface area (Å²) in [4.78, 5) is 23.9. The zero-order valence-corrected chi connectivity index (χ0v) is 13.1. The monoisotopic (exact) mass is 289 g/mol. The summed E-state index contributed by atoms with van der Waals surface area (Å²) in [6.45, 7) is 7.31. The summed E-state index contributed by atoms with van der Waals surface area (Å²) in [7, 11) is 0. The number of rotatable bonds is 4. The second-order valence-electron chi connectivity index (χ2n) is 5.71. The molecule has 0 spiro atoms. The van der Waals surface area contributed by atoms with Crippen molar-refractivity contribution in [2.45, 2.75) is 38.9 Å². The topological polar surface area (TPSA) is 57.9 Å². The van der Waals surface area contributed by atoms with Gasteiger partial charge in [0.05, 0.1) is 17.6 Å². The van der Waals surface area contributed by atoms with E-state index in [0.29, 0.717) is 12.0 Å². The third kappa shape index (κ3) is 5.18. The Bertz CT molecular complexity index is 535. The third-order valence-electron chi connectivity index (χ3n) is 2.70. The van der Waals surface area contributed by atoms with Crippen LogP contribution in [0.3, 0.4) is 0 Å². The largest absolute Gasteiger partial charge is 0.299 e. The van der Waals surface area contributed by atoms with Crippen molar-refractivity contribution in [3.05, 3.63) is 35.4 Å². The highest BCUT2D eigenvalue weighted by Crippen LogP contribution is 2.28. The van der Waals surface area contributed by atoms with Crippen molar-refractivity contribution in [1.29, 1.82) is 5.26 Å². The molecule has 4 heteroatoms. The van der Waals surface area contributed by atoms with Gasteiger partial charge in [0, 0.05) is 4.75 Å². The van der Waals surface area contributed by atoms with E-state index in [-0.39, 0.29) is 15.6 Å². The van der Waals surface area contributed by atoms with Crippen LogP contribution in [0.25, 0.3) is 0 Å². The predicted octanol–water partition coefficient (Wildman–Crippen LogP) is 3.36. The minimum Gasteiger partial charge on any atom is -0.299 e. The van der Waals surface area contributed by atoms with Crippen molar-refractivity contribution in [2.24, 2.45) is 5.92 Å². The molecule has 0 amide bonds. The van der Waals surface area contributed by atoms with Crippen LogP contribution in [0.2, 0.25) is 0 Å². The summed E-state index contributed by atoms with van der Waals surface area (Å²) in [5, 5.41) is 8.66. The molecule has 1 rings (SSSR count). The van der Waals surface area contributed by atoms with Gasteiger partial charge in [-0.25, -0.2) is 0 Å². The van der Waals surface area contributed by atoms with Gasteiger partial charge in [0.1, 0.15) is 5.78 Å². The van der Waals surface area contributed by atoms with Crippen molar-refractivity contribution >= 4 is 22.7 Å². The quantitative estimate of drug-likeness (QED) is 0.797. The van der Waals surface area contributed by atoms with Crippen LogP contribution >= 0.6 is 11.8 Å². The molecule has 0 aliphatic carbocycles. The maximum absolute atomic E-state index is 12.2. The highest BCUT2D eigenvalue weighted by Gasteiger charge is 2.28. The van der Waals surface area contributed by atoms with Gasteiger partial charge >= 0.3 is 0 Å². The average Bonchev–Trinajstić information content (AvgIpc) is 2.34. The van der Waals surface area contributed by atoms with Crippen LogP contribution in [0.5, 0.6) is 0 Å². The molecule has 0 fully saturated rings. The Labute approximate surface area is 124 Å². The lowest BCUT2D eigenvalue weighted by Gasteiger charge is -2.20. The van der Waals surface area contributed by atoms with Crippen molar-refractivity contribution in [3.8, 4) is 6.07 Å². The molecular formula is C16H19NO2S. The van der Waals surface area contributed by atoms with Gasteiger partial charge in [0.15, 0.2) is 5.12 Å². The Kier molecular flexibility index (Phi) is 5.52. The molecule has 0 aromatic heterocycles. The summed E-state index contributed by atoms with van der Waals surface area (Å²) >= 11 is 1.21. The molecule has 0 saturated heterocycles. The van der Waals surface area contributed by atoms with Crippen molar-refractivity contribution in [3.63, 3.8) is 0 Å². The molecule has 0 bridgehead atoms. The molecule has 0 aliphatic rings. The third-order valence-corrected chi connectivity index (χ3v) is 3.80. The fraction of sp³-hybridized carbons (Fsp3) is 0.438. The zero-order valence-electron chi connectivity index (χ0n) is 12.3. The number of Topliss-reactive ketones (excluding diaryl/α,β-unsaturated/α-hetero) is 1. The number of carbonyl (C=O) groups is 2. The van der Waals surface area contributed by atoms with E-state index in [1.165, 1.54) is 18.7 Å². The van der Waals surface area contributed by atoms with E-state index in [4.69, 9.17) is 5.26 Å². The zero-order chi connectivity index (χ0) is 15.3. The number of ketones is 1. The molecular weight excluding hydrogens is 270 g/mol. The first-order chi connectivity index (χ1) is 9.23. The maximum atomic E-state index is 12.2. The van der Waals surface area contributed by atoms with Gasteiger partial charge in [-0.2, -0.15) is 5.26 Å². The summed E-state index contributed by atoms with van der Waals surface area (Å²) in [6, 6.07) is 9.04. The van der Waals surface area contributed by atoms with Crippen molar-refractivity contribution < 1.29 is 9.59 Å². The van der Waals surface area contributed by atoms with Crippen LogP contribution in [0, 0.1) is 17.2 Å². The van der Waals surface area contributed by atoms with Gasteiger partial charge in [-0.15, -0.1) is 0 Å². The molecule has 1 aromatic rings. The molecule has 0 aliphatic heterocycles. The van der Waals surface area contributed by atoms with Gasteiger partial charge in [0.25, 0.3) is 0 Å². The standard InChI is InChI=1S/C16H19NO2S/c1-11(18)14(15(19)20-16(2,3)4)9-12-5-7-13(10-17)8-6-12/h5-8,14H,9H2,1-4H3. The number of benzene rings is 1. The second-order valence-corrected chi connectivity index (χ2v) is 7.54. The van der Waals surface area contributed by atoms with Crippen LogP contribution in [0.4, 0.5) is 0 Å². The van der Waals surface area contributed by atoms with Crippen LogP contribution < -0.4 is 0 Å². The molecule has 106 valence electrons. The molecule has 0 radical (unpaired) electrons. The molecule has 0 heterocycles. The number of nitriles is 1. The summed E-state index contributed by atoms with van der Waals surface area (Å²) in [5.41, 5.74) is 1.47. The average molecular weight is 289 g/mol. The number of hydrogen-bond donors (Lipinski definition) is 0. The molecule has 3 nitrogen and oxygen atoms in total. The van der Waals surface area contributed by atoms with Crippen LogP contribution in [0.1, 0.15) is 38.8 Å². The summed E-state index contributed by atoms with van der Waals surface area (Å²) < 4.78 is -0.199. The van der Waals surface area contributed by atoms with Gasteiger partial charge < -0.3 is 0 Å². The molecule has 1 unspecified atom stereocenters. The van der Waals surface area contributed by atoms with Crippen LogP contribution in [-0.2, 0) is 16.0 Å². The highest BCUT2D eigenvalue weighted by atomic mass is 32.2. The smallest absolute Gasteiger partial charge is 0.200 e. The van der Waals surface area contributed by atoms with E-state index in [2.05, 4.69) is 0 Å². The fourth-order valence-corrected chi connectivity index (χ4v) is 2.71. The first-order valence-corrected chi connectivity index (χ1v) is 7.27. The van der Waals surface area contributed by atoms with E-state index in [9.17, 15) is 9.59 Å². The molecule has 1 aromatic carbocycles. The van der Waals surface area contributed by atoms with E-state index < -0.39 is 5.92 Å². The van der Waals surface area contributed by atoms with Gasteiger partial charge in [-0.3, -0.25) is 9.59 Å². The number of hydrogen-bond acceptors (Lipinski definition) is 4. The number of thioether (sulfide) groups is 1. The number of nitrogens with zero attached hydrogens (tertiary/aromatic N) is 1. The Hall–Kier alpha value is -1.60. The predicted molar refractivity (Wildman–Crippen MR) is 81.4 cm³/mol. The van der Waals surface area contributed by atoms with E-state index in [1.54, 1.807) is 24.3 Å². The van der Waals surface area contributed by atoms with E-state index in [0.717, 1.165) is 5.56 Å². The lowest BCUT2D eigenvalue weighted by molar-refractivity contribution is -0.127. The normalized spacial score (nSPS) is 12.6. The Morgan fingerprint density at radius 3 is 2.20 bits per heavy atom. The van der Waals surface area contributed by atoms with Gasteiger partial charge in [-0.05, 0) is 31.0 Å². The number of carbonyl (C=O) groups excluding carboxylic acids is 2. The maximum Gasteiger partial charge on any atom is 0.200 e. The summed E-state index contributed by atoms with van der Waals surface area (Å²) in [6.07, 6.45) is 0.392. The summed E-state index contributed by atoms with van der Waals surface area (Å²) in [5.74, 6) is -0.733. The van der Waals surface area contributed by atoms with Crippen LogP contribution in [0.15, 0.2) is 24.3 Å². The molecule has 20 heavy (non-hydrogen) atoms. The van der Waals surface area contributed by atoms with Gasteiger partial charge in [-0.1, -0.05) is 44.7 Å². The van der Waals surface area contributed by atoms with Gasteiger partial charge in [0.2, 0.25) is 0 Å². The molecule has 0 saturated carbocycles.